The molecule has 0 fully saturated rings. The quantitative estimate of drug-likeness (QED) is 0.905. The van der Waals surface area contributed by atoms with Gasteiger partial charge in [-0.05, 0) is 36.5 Å². The van der Waals surface area contributed by atoms with Gasteiger partial charge in [-0.15, -0.1) is 11.3 Å². The lowest BCUT2D eigenvalue weighted by Gasteiger charge is -2.23. The fourth-order valence-electron chi connectivity index (χ4n) is 3.04. The van der Waals surface area contributed by atoms with Crippen molar-refractivity contribution in [1.29, 1.82) is 0 Å². The molecule has 0 spiro atoms. The van der Waals surface area contributed by atoms with Crippen LogP contribution in [0.2, 0.25) is 0 Å². The summed E-state index contributed by atoms with van der Waals surface area (Å²) < 4.78 is 0. The molecular formula is C18H23N3OS. The predicted octanol–water partition coefficient (Wildman–Crippen LogP) is 4.03. The highest BCUT2D eigenvalue weighted by Crippen LogP contribution is 2.36. The van der Waals surface area contributed by atoms with E-state index in [0.717, 1.165) is 34.8 Å². The first-order valence-corrected chi connectivity index (χ1v) is 8.73. The number of thiazole rings is 1. The zero-order valence-corrected chi connectivity index (χ0v) is 15.0. The van der Waals surface area contributed by atoms with Crippen LogP contribution in [0.3, 0.4) is 0 Å². The van der Waals surface area contributed by atoms with E-state index >= 15 is 0 Å². The molecule has 1 aliphatic rings. The Balaban J connectivity index is 1.89. The van der Waals surface area contributed by atoms with E-state index in [9.17, 15) is 4.79 Å². The van der Waals surface area contributed by atoms with Crippen LogP contribution < -0.4 is 10.6 Å². The first-order valence-electron chi connectivity index (χ1n) is 7.91. The summed E-state index contributed by atoms with van der Waals surface area (Å²) >= 11 is 1.51. The number of rotatable bonds is 2. The number of carbonyl (C=O) groups is 1. The molecule has 1 amide bonds. The summed E-state index contributed by atoms with van der Waals surface area (Å²) in [6.07, 6.45) is 1.47. The number of hydrogen-bond donors (Lipinski definition) is 1. The smallest absolute Gasteiger partial charge is 0.227 e. The van der Waals surface area contributed by atoms with Gasteiger partial charge in [-0.3, -0.25) is 4.79 Å². The van der Waals surface area contributed by atoms with Crippen molar-refractivity contribution < 1.29 is 4.79 Å². The van der Waals surface area contributed by atoms with E-state index in [2.05, 4.69) is 31.8 Å². The van der Waals surface area contributed by atoms with Gasteiger partial charge >= 0.3 is 0 Å². The van der Waals surface area contributed by atoms with Crippen LogP contribution in [0.5, 0.6) is 0 Å². The summed E-state index contributed by atoms with van der Waals surface area (Å²) in [7, 11) is 0. The summed E-state index contributed by atoms with van der Waals surface area (Å²) in [6.45, 7) is 9.10. The number of amides is 1. The molecule has 1 aliphatic heterocycles. The maximum Gasteiger partial charge on any atom is 0.227 e. The summed E-state index contributed by atoms with van der Waals surface area (Å²) in [5.41, 5.74) is 10.1. The van der Waals surface area contributed by atoms with E-state index in [0.29, 0.717) is 11.6 Å². The Hall–Kier alpha value is -1.88. The van der Waals surface area contributed by atoms with Crippen molar-refractivity contribution in [3.63, 3.8) is 0 Å². The standard InChI is InChI=1S/C18H23N3OS/c1-11-16(20-17(19)23-11)13-5-6-14-12(9-13)7-8-21(14)15(22)10-18(2,3)4/h5-6,9H,7-8,10H2,1-4H3,(H2,19,20). The summed E-state index contributed by atoms with van der Waals surface area (Å²) in [6, 6.07) is 6.25. The van der Waals surface area contributed by atoms with E-state index in [1.54, 1.807) is 0 Å². The monoisotopic (exact) mass is 329 g/mol. The Kier molecular flexibility index (Phi) is 3.92. The van der Waals surface area contributed by atoms with Gasteiger partial charge in [0.25, 0.3) is 0 Å². The lowest BCUT2D eigenvalue weighted by molar-refractivity contribution is -0.120. The number of nitrogens with zero attached hydrogens (tertiary/aromatic N) is 2. The van der Waals surface area contributed by atoms with Gasteiger partial charge in [0.2, 0.25) is 5.91 Å². The minimum absolute atomic E-state index is 0.00894. The number of nitrogens with two attached hydrogens (primary N) is 1. The highest BCUT2D eigenvalue weighted by atomic mass is 32.1. The Labute approximate surface area is 141 Å². The molecule has 2 aromatic rings. The van der Waals surface area contributed by atoms with Crippen LogP contribution in [-0.2, 0) is 11.2 Å². The lowest BCUT2D eigenvalue weighted by Crippen LogP contribution is -2.31. The molecule has 2 heterocycles. The van der Waals surface area contributed by atoms with E-state index in [4.69, 9.17) is 5.73 Å². The summed E-state index contributed by atoms with van der Waals surface area (Å²) in [4.78, 5) is 20.0. The van der Waals surface area contributed by atoms with Crippen LogP contribution in [0, 0.1) is 12.3 Å². The second-order valence-corrected chi connectivity index (χ2v) is 8.57. The van der Waals surface area contributed by atoms with E-state index in [1.807, 2.05) is 24.0 Å². The average Bonchev–Trinajstić information content (AvgIpc) is 2.99. The van der Waals surface area contributed by atoms with Crippen molar-refractivity contribution in [2.24, 2.45) is 5.41 Å². The Bertz CT molecular complexity index is 758. The number of nitrogen functional groups attached to an aromatic ring is 1. The van der Waals surface area contributed by atoms with Gasteiger partial charge in [0.15, 0.2) is 5.13 Å². The van der Waals surface area contributed by atoms with Crippen LogP contribution in [0.25, 0.3) is 11.3 Å². The molecule has 3 rings (SSSR count). The minimum Gasteiger partial charge on any atom is -0.375 e. The molecule has 23 heavy (non-hydrogen) atoms. The minimum atomic E-state index is 0.00894. The Morgan fingerprint density at radius 3 is 2.74 bits per heavy atom. The molecular weight excluding hydrogens is 306 g/mol. The van der Waals surface area contributed by atoms with Crippen LogP contribution >= 0.6 is 11.3 Å². The van der Waals surface area contributed by atoms with Crippen molar-refractivity contribution in [1.82, 2.24) is 4.98 Å². The molecule has 4 nitrogen and oxygen atoms in total. The SMILES string of the molecule is Cc1sc(N)nc1-c1ccc2c(c1)CCN2C(=O)CC(C)(C)C. The fourth-order valence-corrected chi connectivity index (χ4v) is 3.75. The normalized spacial score (nSPS) is 14.2. The molecule has 0 unspecified atom stereocenters. The maximum atomic E-state index is 12.5. The molecule has 5 heteroatoms. The van der Waals surface area contributed by atoms with Crippen LogP contribution in [0.15, 0.2) is 18.2 Å². The van der Waals surface area contributed by atoms with Gasteiger partial charge in [0, 0.05) is 29.1 Å². The van der Waals surface area contributed by atoms with Crippen LogP contribution in [0.1, 0.15) is 37.6 Å². The molecule has 0 saturated heterocycles. The topological polar surface area (TPSA) is 59.2 Å². The number of aromatic nitrogens is 1. The van der Waals surface area contributed by atoms with Gasteiger partial charge in [-0.1, -0.05) is 26.8 Å². The van der Waals surface area contributed by atoms with Crippen molar-refractivity contribution in [3.8, 4) is 11.3 Å². The highest BCUT2D eigenvalue weighted by molar-refractivity contribution is 7.15. The zero-order chi connectivity index (χ0) is 16.8. The fraction of sp³-hybridized carbons (Fsp3) is 0.444. The van der Waals surface area contributed by atoms with Gasteiger partial charge < -0.3 is 10.6 Å². The van der Waals surface area contributed by atoms with Gasteiger partial charge in [-0.25, -0.2) is 4.98 Å². The molecule has 1 aromatic heterocycles. The number of anilines is 2. The van der Waals surface area contributed by atoms with Crippen molar-refractivity contribution in [3.05, 3.63) is 28.6 Å². The van der Waals surface area contributed by atoms with Crippen molar-refractivity contribution in [2.45, 2.75) is 40.5 Å². The third-order valence-electron chi connectivity index (χ3n) is 4.04. The molecule has 0 bridgehead atoms. The third kappa shape index (κ3) is 3.24. The second kappa shape index (κ2) is 5.64. The predicted molar refractivity (Wildman–Crippen MR) is 96.8 cm³/mol. The highest BCUT2D eigenvalue weighted by Gasteiger charge is 2.28. The van der Waals surface area contributed by atoms with Crippen LogP contribution in [-0.4, -0.2) is 17.4 Å². The Morgan fingerprint density at radius 1 is 1.39 bits per heavy atom. The molecule has 0 atom stereocenters. The van der Waals surface area contributed by atoms with Crippen molar-refractivity contribution >= 4 is 28.1 Å². The molecule has 2 N–H and O–H groups in total. The molecule has 0 aliphatic carbocycles. The first kappa shape index (κ1) is 16.0. The number of hydrogen-bond acceptors (Lipinski definition) is 4. The van der Waals surface area contributed by atoms with Gasteiger partial charge in [-0.2, -0.15) is 0 Å². The number of carbonyl (C=O) groups excluding carboxylic acids is 1. The maximum absolute atomic E-state index is 12.5. The number of benzene rings is 1. The van der Waals surface area contributed by atoms with Gasteiger partial charge in [0.05, 0.1) is 5.69 Å². The molecule has 1 aromatic carbocycles. The van der Waals surface area contributed by atoms with E-state index in [-0.39, 0.29) is 11.3 Å². The summed E-state index contributed by atoms with van der Waals surface area (Å²) in [5, 5.41) is 0.597. The van der Waals surface area contributed by atoms with Gasteiger partial charge in [0.1, 0.15) is 0 Å². The average molecular weight is 329 g/mol. The summed E-state index contributed by atoms with van der Waals surface area (Å²) in [5.74, 6) is 0.207. The van der Waals surface area contributed by atoms with E-state index in [1.165, 1.54) is 16.9 Å². The molecule has 0 radical (unpaired) electrons. The Morgan fingerprint density at radius 2 is 2.13 bits per heavy atom. The third-order valence-corrected chi connectivity index (χ3v) is 4.84. The molecule has 0 saturated carbocycles. The first-order chi connectivity index (χ1) is 10.7. The lowest BCUT2D eigenvalue weighted by atomic mass is 9.91. The van der Waals surface area contributed by atoms with Crippen molar-refractivity contribution in [2.75, 3.05) is 17.2 Å². The van der Waals surface area contributed by atoms with Crippen LogP contribution in [0.4, 0.5) is 10.8 Å². The number of fused-ring (bicyclic) bond motifs is 1. The number of aryl methyl sites for hydroxylation is 1. The molecule has 122 valence electrons. The zero-order valence-electron chi connectivity index (χ0n) is 14.1. The second-order valence-electron chi connectivity index (χ2n) is 7.33. The van der Waals surface area contributed by atoms with E-state index < -0.39 is 0 Å². The largest absolute Gasteiger partial charge is 0.375 e.